The smallest absolute Gasteiger partial charge is 0.315 e. The molecule has 0 atom stereocenters. The summed E-state index contributed by atoms with van der Waals surface area (Å²) in [5, 5.41) is 5.83. The molecule has 2 aliphatic heterocycles. The molecule has 2 aliphatic rings. The van der Waals surface area contributed by atoms with Gasteiger partial charge >= 0.3 is 6.03 Å². The van der Waals surface area contributed by atoms with E-state index in [2.05, 4.69) is 25.4 Å². The number of carbonyl (C=O) groups excluding carboxylic acids is 2. The molecule has 10 nitrogen and oxygen atoms in total. The lowest BCUT2D eigenvalue weighted by Gasteiger charge is -2.32. The molecule has 1 aromatic heterocycles. The first-order chi connectivity index (χ1) is 17.6. The van der Waals surface area contributed by atoms with Gasteiger partial charge in [0.15, 0.2) is 0 Å². The minimum absolute atomic E-state index is 0.0778. The van der Waals surface area contributed by atoms with Crippen molar-refractivity contribution in [3.63, 3.8) is 0 Å². The Morgan fingerprint density at radius 1 is 1.06 bits per heavy atom. The fourth-order valence-electron chi connectivity index (χ4n) is 4.51. The van der Waals surface area contributed by atoms with Gasteiger partial charge in [0, 0.05) is 63.5 Å². The van der Waals surface area contributed by atoms with Crippen molar-refractivity contribution >= 4 is 17.8 Å². The second-order valence-corrected chi connectivity index (χ2v) is 9.14. The van der Waals surface area contributed by atoms with Gasteiger partial charge in [0.05, 0.1) is 13.2 Å². The summed E-state index contributed by atoms with van der Waals surface area (Å²) in [5.41, 5.74) is 7.35. The number of hydrogen-bond acceptors (Lipinski definition) is 7. The summed E-state index contributed by atoms with van der Waals surface area (Å²) in [5.74, 6) is 1.32. The molecule has 0 radical (unpaired) electrons. The van der Waals surface area contributed by atoms with Crippen LogP contribution in [0, 0.1) is 5.92 Å². The van der Waals surface area contributed by atoms with Crippen molar-refractivity contribution in [3.05, 3.63) is 53.7 Å². The van der Waals surface area contributed by atoms with E-state index in [0.717, 1.165) is 68.4 Å². The monoisotopic (exact) mass is 496 g/mol. The molecule has 194 valence electrons. The van der Waals surface area contributed by atoms with Crippen molar-refractivity contribution < 1.29 is 19.1 Å². The van der Waals surface area contributed by atoms with Gasteiger partial charge in [-0.1, -0.05) is 18.2 Å². The van der Waals surface area contributed by atoms with Crippen LogP contribution in [0.1, 0.15) is 24.0 Å². The number of primary amides is 1. The highest BCUT2D eigenvalue weighted by atomic mass is 16.5. The van der Waals surface area contributed by atoms with E-state index in [1.165, 1.54) is 0 Å². The maximum Gasteiger partial charge on any atom is 0.315 e. The van der Waals surface area contributed by atoms with E-state index in [0.29, 0.717) is 32.8 Å². The maximum atomic E-state index is 12.5. The van der Waals surface area contributed by atoms with E-state index in [-0.39, 0.29) is 17.9 Å². The van der Waals surface area contributed by atoms with Gasteiger partial charge < -0.3 is 30.7 Å². The first-order valence-electron chi connectivity index (χ1n) is 12.6. The Bertz CT molecular complexity index is 1010. The van der Waals surface area contributed by atoms with Gasteiger partial charge in [-0.15, -0.1) is 0 Å². The van der Waals surface area contributed by atoms with E-state index in [9.17, 15) is 9.59 Å². The summed E-state index contributed by atoms with van der Waals surface area (Å²) in [6, 6.07) is 11.3. The Labute approximate surface area is 212 Å². The van der Waals surface area contributed by atoms with E-state index in [4.69, 9.17) is 15.2 Å². The molecule has 4 rings (SSSR count). The SMILES string of the molecule is NC(=O)C1CCN(c2ncccc2CNC(=O)NCc2cccc(OCCN3CCOCC3)c2)CC1. The van der Waals surface area contributed by atoms with Gasteiger partial charge in [-0.05, 0) is 36.6 Å². The molecule has 3 amide bonds. The molecular formula is C26H36N6O4. The molecule has 0 aliphatic carbocycles. The summed E-state index contributed by atoms with van der Waals surface area (Å²) in [6.07, 6.45) is 3.18. The molecule has 0 spiro atoms. The van der Waals surface area contributed by atoms with Gasteiger partial charge in [-0.3, -0.25) is 9.69 Å². The Morgan fingerprint density at radius 3 is 2.61 bits per heavy atom. The number of hydrogen-bond donors (Lipinski definition) is 3. The summed E-state index contributed by atoms with van der Waals surface area (Å²) in [6.45, 7) is 7.11. The van der Waals surface area contributed by atoms with Crippen molar-refractivity contribution in [1.82, 2.24) is 20.5 Å². The number of pyridine rings is 1. The van der Waals surface area contributed by atoms with Crippen LogP contribution < -0.4 is 26.0 Å². The zero-order valence-corrected chi connectivity index (χ0v) is 20.7. The van der Waals surface area contributed by atoms with Gasteiger partial charge in [-0.25, -0.2) is 9.78 Å². The van der Waals surface area contributed by atoms with Gasteiger partial charge in [0.2, 0.25) is 5.91 Å². The predicted octanol–water partition coefficient (Wildman–Crippen LogP) is 1.49. The van der Waals surface area contributed by atoms with Crippen LogP contribution in [0.25, 0.3) is 0 Å². The van der Waals surface area contributed by atoms with Crippen LogP contribution in [-0.2, 0) is 22.6 Å². The lowest BCUT2D eigenvalue weighted by atomic mass is 9.96. The Kier molecular flexibility index (Phi) is 9.34. The molecule has 2 aromatic rings. The third kappa shape index (κ3) is 7.56. The third-order valence-corrected chi connectivity index (χ3v) is 6.64. The summed E-state index contributed by atoms with van der Waals surface area (Å²) in [7, 11) is 0. The van der Waals surface area contributed by atoms with Gasteiger partial charge in [0.25, 0.3) is 0 Å². The third-order valence-electron chi connectivity index (χ3n) is 6.64. The molecule has 4 N–H and O–H groups in total. The van der Waals surface area contributed by atoms with Crippen molar-refractivity contribution in [1.29, 1.82) is 0 Å². The standard InChI is InChI=1S/C26H36N6O4/c27-24(33)21-6-9-32(10-7-21)25-22(4-2-8-28-25)19-30-26(34)29-18-20-3-1-5-23(17-20)36-16-13-31-11-14-35-15-12-31/h1-5,8,17,21H,6-7,9-16,18-19H2,(H2,27,33)(H2,29,30,34). The summed E-state index contributed by atoms with van der Waals surface area (Å²) in [4.78, 5) is 32.9. The summed E-state index contributed by atoms with van der Waals surface area (Å²) < 4.78 is 11.3. The predicted molar refractivity (Wildman–Crippen MR) is 137 cm³/mol. The topological polar surface area (TPSA) is 122 Å². The van der Waals surface area contributed by atoms with E-state index < -0.39 is 0 Å². The number of nitrogens with two attached hydrogens (primary N) is 1. The van der Waals surface area contributed by atoms with Crippen LogP contribution >= 0.6 is 0 Å². The van der Waals surface area contributed by atoms with Crippen LogP contribution in [-0.4, -0.2) is 74.4 Å². The first-order valence-corrected chi connectivity index (χ1v) is 12.6. The Balaban J connectivity index is 1.21. The first kappa shape index (κ1) is 25.7. The van der Waals surface area contributed by atoms with E-state index >= 15 is 0 Å². The molecule has 0 saturated carbocycles. The summed E-state index contributed by atoms with van der Waals surface area (Å²) >= 11 is 0. The molecule has 3 heterocycles. The zero-order chi connectivity index (χ0) is 25.2. The minimum Gasteiger partial charge on any atom is -0.492 e. The largest absolute Gasteiger partial charge is 0.492 e. The van der Waals surface area contributed by atoms with Crippen LogP contribution in [0.15, 0.2) is 42.6 Å². The molecular weight excluding hydrogens is 460 g/mol. The average Bonchev–Trinajstić information content (AvgIpc) is 2.92. The Morgan fingerprint density at radius 2 is 1.83 bits per heavy atom. The average molecular weight is 497 g/mol. The molecule has 2 saturated heterocycles. The fourth-order valence-corrected chi connectivity index (χ4v) is 4.51. The highest BCUT2D eigenvalue weighted by Crippen LogP contribution is 2.24. The van der Waals surface area contributed by atoms with Crippen LogP contribution in [0.3, 0.4) is 0 Å². The quantitative estimate of drug-likeness (QED) is 0.456. The number of anilines is 1. The maximum absolute atomic E-state index is 12.5. The highest BCUT2D eigenvalue weighted by molar-refractivity contribution is 5.77. The number of rotatable bonds is 10. The normalized spacial score (nSPS) is 16.9. The van der Waals surface area contributed by atoms with Crippen LogP contribution in [0.4, 0.5) is 10.6 Å². The lowest BCUT2D eigenvalue weighted by molar-refractivity contribution is -0.122. The number of piperidine rings is 1. The van der Waals surface area contributed by atoms with Crippen molar-refractivity contribution in [2.75, 3.05) is 57.4 Å². The number of carbonyl (C=O) groups is 2. The second-order valence-electron chi connectivity index (χ2n) is 9.14. The van der Waals surface area contributed by atoms with Crippen molar-refractivity contribution in [3.8, 4) is 5.75 Å². The number of benzene rings is 1. The minimum atomic E-state index is -0.254. The van der Waals surface area contributed by atoms with Gasteiger partial charge in [0.1, 0.15) is 18.2 Å². The number of aromatic nitrogens is 1. The Hall–Kier alpha value is -3.37. The molecule has 2 fully saturated rings. The number of urea groups is 1. The van der Waals surface area contributed by atoms with Crippen LogP contribution in [0.5, 0.6) is 5.75 Å². The van der Waals surface area contributed by atoms with E-state index in [1.54, 1.807) is 6.20 Å². The highest BCUT2D eigenvalue weighted by Gasteiger charge is 2.25. The number of nitrogens with one attached hydrogen (secondary N) is 2. The number of nitrogens with zero attached hydrogens (tertiary/aromatic N) is 3. The number of morpholine rings is 1. The van der Waals surface area contributed by atoms with Crippen molar-refractivity contribution in [2.24, 2.45) is 11.7 Å². The van der Waals surface area contributed by atoms with E-state index in [1.807, 2.05) is 36.4 Å². The van der Waals surface area contributed by atoms with Gasteiger partial charge in [-0.2, -0.15) is 0 Å². The number of amides is 3. The molecule has 0 bridgehead atoms. The zero-order valence-electron chi connectivity index (χ0n) is 20.7. The molecule has 10 heteroatoms. The van der Waals surface area contributed by atoms with Crippen LogP contribution in [0.2, 0.25) is 0 Å². The molecule has 1 aromatic carbocycles. The number of ether oxygens (including phenoxy) is 2. The molecule has 36 heavy (non-hydrogen) atoms. The fraction of sp³-hybridized carbons (Fsp3) is 0.500. The second kappa shape index (κ2) is 13.1. The lowest BCUT2D eigenvalue weighted by Crippen LogP contribution is -2.40. The molecule has 0 unspecified atom stereocenters. The van der Waals surface area contributed by atoms with Crippen molar-refractivity contribution in [2.45, 2.75) is 25.9 Å².